The van der Waals surface area contributed by atoms with Crippen LogP contribution >= 0.6 is 0 Å². The fraction of sp³-hybridized carbons (Fsp3) is 0.300. The second-order valence-corrected chi connectivity index (χ2v) is 5.85. The van der Waals surface area contributed by atoms with Crippen LogP contribution in [0, 0.1) is 5.92 Å². The molecule has 0 atom stereocenters. The molecular formula is C20H23N. The van der Waals surface area contributed by atoms with Gasteiger partial charge in [0.1, 0.15) is 0 Å². The average molecular weight is 277 g/mol. The van der Waals surface area contributed by atoms with Crippen molar-refractivity contribution in [2.45, 2.75) is 19.3 Å². The largest absolute Gasteiger partial charge is 0.317 e. The Morgan fingerprint density at radius 1 is 0.857 bits per heavy atom. The molecule has 0 aliphatic carbocycles. The van der Waals surface area contributed by atoms with E-state index in [0.717, 1.165) is 25.4 Å². The predicted molar refractivity (Wildman–Crippen MR) is 90.3 cm³/mol. The van der Waals surface area contributed by atoms with Crippen molar-refractivity contribution < 1.29 is 0 Å². The van der Waals surface area contributed by atoms with Crippen LogP contribution in [0.1, 0.15) is 29.5 Å². The van der Waals surface area contributed by atoms with Crippen molar-refractivity contribution in [1.82, 2.24) is 5.32 Å². The van der Waals surface area contributed by atoms with E-state index in [1.807, 2.05) is 0 Å². The fourth-order valence-corrected chi connectivity index (χ4v) is 2.86. The normalized spacial score (nSPS) is 16.4. The highest BCUT2D eigenvalue weighted by Gasteiger charge is 2.08. The highest BCUT2D eigenvalue weighted by Crippen LogP contribution is 2.16. The summed E-state index contributed by atoms with van der Waals surface area (Å²) in [5.74, 6) is 0.746. The number of benzene rings is 2. The molecule has 0 bridgehead atoms. The molecule has 1 fully saturated rings. The van der Waals surface area contributed by atoms with E-state index < -0.39 is 0 Å². The monoisotopic (exact) mass is 277 g/mol. The molecule has 2 aromatic rings. The Hall–Kier alpha value is -1.86. The van der Waals surface area contributed by atoms with E-state index in [0.29, 0.717) is 0 Å². The second-order valence-electron chi connectivity index (χ2n) is 5.85. The molecule has 1 aliphatic heterocycles. The minimum absolute atomic E-state index is 0.746. The quantitative estimate of drug-likeness (QED) is 0.879. The number of hydrogen-bond donors (Lipinski definition) is 1. The van der Waals surface area contributed by atoms with Crippen LogP contribution in [0.5, 0.6) is 0 Å². The third kappa shape index (κ3) is 4.30. The summed E-state index contributed by atoms with van der Waals surface area (Å²) in [6, 6.07) is 19.6. The van der Waals surface area contributed by atoms with Crippen molar-refractivity contribution in [3.63, 3.8) is 0 Å². The molecule has 3 rings (SSSR count). The Labute approximate surface area is 127 Å². The van der Waals surface area contributed by atoms with Gasteiger partial charge in [-0.15, -0.1) is 0 Å². The number of hydrogen-bond acceptors (Lipinski definition) is 1. The number of allylic oxidation sites excluding steroid dienone is 1. The molecule has 108 valence electrons. The summed E-state index contributed by atoms with van der Waals surface area (Å²) in [7, 11) is 0. The first kappa shape index (κ1) is 14.1. The number of piperidine rings is 1. The molecule has 0 radical (unpaired) electrons. The highest BCUT2D eigenvalue weighted by molar-refractivity contribution is 5.50. The number of nitrogens with one attached hydrogen (secondary N) is 1. The first-order valence-corrected chi connectivity index (χ1v) is 7.92. The summed E-state index contributed by atoms with van der Waals surface area (Å²) in [6.07, 6.45) is 8.21. The second kappa shape index (κ2) is 7.24. The maximum Gasteiger partial charge on any atom is -0.00258 e. The van der Waals surface area contributed by atoms with Crippen LogP contribution in [0.4, 0.5) is 0 Å². The SMILES string of the molecule is C(=C\C1CCNCC1)/c1ccc(Cc2ccccc2)cc1. The Kier molecular flexibility index (Phi) is 4.86. The Morgan fingerprint density at radius 2 is 1.52 bits per heavy atom. The van der Waals surface area contributed by atoms with E-state index in [-0.39, 0.29) is 0 Å². The summed E-state index contributed by atoms with van der Waals surface area (Å²) in [4.78, 5) is 0. The molecule has 1 aliphatic rings. The summed E-state index contributed by atoms with van der Waals surface area (Å²) >= 11 is 0. The lowest BCUT2D eigenvalue weighted by molar-refractivity contribution is 0.438. The van der Waals surface area contributed by atoms with E-state index in [2.05, 4.69) is 72.1 Å². The Balaban J connectivity index is 1.60. The molecule has 21 heavy (non-hydrogen) atoms. The molecule has 0 amide bonds. The highest BCUT2D eigenvalue weighted by atomic mass is 14.9. The van der Waals surface area contributed by atoms with E-state index in [1.165, 1.54) is 29.5 Å². The lowest BCUT2D eigenvalue weighted by Gasteiger charge is -2.19. The van der Waals surface area contributed by atoms with Crippen LogP contribution in [0.25, 0.3) is 6.08 Å². The maximum atomic E-state index is 3.41. The fourth-order valence-electron chi connectivity index (χ4n) is 2.86. The van der Waals surface area contributed by atoms with Gasteiger partial charge in [0.2, 0.25) is 0 Å². The zero-order valence-corrected chi connectivity index (χ0v) is 12.5. The van der Waals surface area contributed by atoms with E-state index in [9.17, 15) is 0 Å². The zero-order chi connectivity index (χ0) is 14.3. The molecule has 2 aromatic carbocycles. The van der Waals surface area contributed by atoms with Crippen LogP contribution in [0.15, 0.2) is 60.7 Å². The van der Waals surface area contributed by atoms with Crippen LogP contribution in [0.2, 0.25) is 0 Å². The van der Waals surface area contributed by atoms with E-state index in [1.54, 1.807) is 0 Å². The van der Waals surface area contributed by atoms with Crippen LogP contribution in [0.3, 0.4) is 0 Å². The van der Waals surface area contributed by atoms with Crippen LogP contribution in [-0.2, 0) is 6.42 Å². The maximum absolute atomic E-state index is 3.41. The molecule has 1 heteroatoms. The van der Waals surface area contributed by atoms with Gasteiger partial charge in [-0.3, -0.25) is 0 Å². The van der Waals surface area contributed by atoms with Gasteiger partial charge in [0.05, 0.1) is 0 Å². The smallest absolute Gasteiger partial charge is 0.00258 e. The Bertz CT molecular complexity index is 563. The van der Waals surface area contributed by atoms with Gasteiger partial charge in [-0.1, -0.05) is 66.7 Å². The summed E-state index contributed by atoms with van der Waals surface area (Å²) < 4.78 is 0. The molecule has 0 unspecified atom stereocenters. The van der Waals surface area contributed by atoms with E-state index in [4.69, 9.17) is 0 Å². The van der Waals surface area contributed by atoms with Crippen molar-refractivity contribution in [2.75, 3.05) is 13.1 Å². The third-order valence-corrected chi connectivity index (χ3v) is 4.18. The van der Waals surface area contributed by atoms with Gasteiger partial charge < -0.3 is 5.32 Å². The molecule has 0 saturated carbocycles. The van der Waals surface area contributed by atoms with Gasteiger partial charge in [0.15, 0.2) is 0 Å². The lowest BCUT2D eigenvalue weighted by Crippen LogP contribution is -2.26. The van der Waals surface area contributed by atoms with Crippen LogP contribution in [-0.4, -0.2) is 13.1 Å². The van der Waals surface area contributed by atoms with Crippen molar-refractivity contribution >= 4 is 6.08 Å². The van der Waals surface area contributed by atoms with Crippen molar-refractivity contribution in [3.8, 4) is 0 Å². The molecule has 0 aromatic heterocycles. The minimum atomic E-state index is 0.746. The van der Waals surface area contributed by atoms with E-state index >= 15 is 0 Å². The molecule has 1 nitrogen and oxygen atoms in total. The number of rotatable bonds is 4. The topological polar surface area (TPSA) is 12.0 Å². The average Bonchev–Trinajstić information content (AvgIpc) is 2.56. The van der Waals surface area contributed by atoms with Gasteiger partial charge in [-0.25, -0.2) is 0 Å². The van der Waals surface area contributed by atoms with Crippen molar-refractivity contribution in [1.29, 1.82) is 0 Å². The van der Waals surface area contributed by atoms with Gasteiger partial charge in [0.25, 0.3) is 0 Å². The van der Waals surface area contributed by atoms with Crippen molar-refractivity contribution in [3.05, 3.63) is 77.4 Å². The first-order valence-electron chi connectivity index (χ1n) is 7.92. The van der Waals surface area contributed by atoms with Crippen LogP contribution < -0.4 is 5.32 Å². The standard InChI is InChI=1S/C20H23N/c1-2-4-19(5-3-1)16-20-10-8-17(9-11-20)6-7-18-12-14-21-15-13-18/h1-11,18,21H,12-16H2/b7-6+. The molecule has 0 spiro atoms. The molecule has 1 saturated heterocycles. The lowest BCUT2D eigenvalue weighted by atomic mass is 9.96. The minimum Gasteiger partial charge on any atom is -0.317 e. The Morgan fingerprint density at radius 3 is 2.24 bits per heavy atom. The summed E-state index contributed by atoms with van der Waals surface area (Å²) in [5.41, 5.74) is 4.06. The van der Waals surface area contributed by atoms with Gasteiger partial charge in [0, 0.05) is 0 Å². The zero-order valence-electron chi connectivity index (χ0n) is 12.5. The van der Waals surface area contributed by atoms with Gasteiger partial charge in [-0.05, 0) is 55.0 Å². The van der Waals surface area contributed by atoms with Gasteiger partial charge in [-0.2, -0.15) is 0 Å². The summed E-state index contributed by atoms with van der Waals surface area (Å²) in [6.45, 7) is 2.32. The first-order chi connectivity index (χ1) is 10.4. The summed E-state index contributed by atoms with van der Waals surface area (Å²) in [5, 5.41) is 3.41. The molecule has 1 N–H and O–H groups in total. The molecule has 1 heterocycles. The van der Waals surface area contributed by atoms with Crippen molar-refractivity contribution in [2.24, 2.45) is 5.92 Å². The predicted octanol–water partition coefficient (Wildman–Crippen LogP) is 4.29. The molecular weight excluding hydrogens is 254 g/mol. The van der Waals surface area contributed by atoms with Gasteiger partial charge >= 0.3 is 0 Å². The third-order valence-electron chi connectivity index (χ3n) is 4.18.